The third-order valence-corrected chi connectivity index (χ3v) is 6.22. The molecule has 0 bridgehead atoms. The predicted octanol–water partition coefficient (Wildman–Crippen LogP) is 3.58. The first kappa shape index (κ1) is 18.6. The number of thioether (sulfide) groups is 2. The van der Waals surface area contributed by atoms with Gasteiger partial charge >= 0.3 is 0 Å². The average molecular weight is 412 g/mol. The fourth-order valence-corrected chi connectivity index (χ4v) is 4.82. The summed E-state index contributed by atoms with van der Waals surface area (Å²) in [6.45, 7) is 3.39. The first-order valence-corrected chi connectivity index (χ1v) is 10.1. The monoisotopic (exact) mass is 412 g/mol. The lowest BCUT2D eigenvalue weighted by atomic mass is 10.1. The van der Waals surface area contributed by atoms with Gasteiger partial charge in [0, 0.05) is 13.0 Å². The number of rotatable bonds is 2. The molecule has 1 atom stereocenters. The highest BCUT2D eigenvalue weighted by Crippen LogP contribution is 2.46. The second kappa shape index (κ2) is 7.33. The van der Waals surface area contributed by atoms with Crippen LogP contribution in [0.4, 0.5) is 0 Å². The third kappa shape index (κ3) is 3.50. The van der Waals surface area contributed by atoms with Crippen LogP contribution < -0.4 is 5.32 Å². The zero-order valence-electron chi connectivity index (χ0n) is 15.1. The van der Waals surface area contributed by atoms with Gasteiger partial charge in [-0.05, 0) is 48.1 Å². The molecule has 1 saturated heterocycles. The smallest absolute Gasteiger partial charge is 0.264 e. The summed E-state index contributed by atoms with van der Waals surface area (Å²) in [4.78, 5) is 28.6. The highest BCUT2D eigenvalue weighted by molar-refractivity contribution is 8.19. The van der Waals surface area contributed by atoms with Crippen molar-refractivity contribution in [2.75, 3.05) is 0 Å². The summed E-state index contributed by atoms with van der Waals surface area (Å²) >= 11 is 2.56. The molecule has 7 nitrogen and oxygen atoms in total. The Morgan fingerprint density at radius 1 is 1.29 bits per heavy atom. The number of hydrogen-bond acceptors (Lipinski definition) is 7. The molecule has 0 spiro atoms. The second-order valence-corrected chi connectivity index (χ2v) is 8.56. The molecule has 2 aliphatic rings. The van der Waals surface area contributed by atoms with Gasteiger partial charge in [-0.25, -0.2) is 5.01 Å². The van der Waals surface area contributed by atoms with Gasteiger partial charge in [0.15, 0.2) is 5.17 Å². The van der Waals surface area contributed by atoms with Crippen molar-refractivity contribution in [2.24, 2.45) is 10.1 Å². The molecule has 3 heterocycles. The Bertz CT molecular complexity index is 1020. The van der Waals surface area contributed by atoms with E-state index in [1.54, 1.807) is 24.5 Å². The van der Waals surface area contributed by atoms with Crippen LogP contribution in [0.25, 0.3) is 6.08 Å². The van der Waals surface area contributed by atoms with Crippen LogP contribution >= 0.6 is 23.5 Å². The number of benzene rings is 1. The summed E-state index contributed by atoms with van der Waals surface area (Å²) in [6, 6.07) is 13.2. The number of carbonyl (C=O) groups is 2. The SMILES string of the molecule is CC(=O)N1N=C(/N=C2\NC(=O)/C(=C/c3ccco3)S2)SC1(C)c1ccccc1. The van der Waals surface area contributed by atoms with Crippen LogP contribution in [0, 0.1) is 0 Å². The number of furan rings is 1. The minimum atomic E-state index is -0.702. The van der Waals surface area contributed by atoms with Crippen LogP contribution in [0.1, 0.15) is 25.2 Å². The average Bonchev–Trinajstić information content (AvgIpc) is 3.37. The third-order valence-electron chi connectivity index (χ3n) is 4.15. The van der Waals surface area contributed by atoms with E-state index in [0.717, 1.165) is 5.56 Å². The summed E-state index contributed by atoms with van der Waals surface area (Å²) in [6.07, 6.45) is 3.20. The number of hydrogen-bond donors (Lipinski definition) is 1. The summed E-state index contributed by atoms with van der Waals surface area (Å²) in [5.41, 5.74) is 0.940. The van der Waals surface area contributed by atoms with E-state index in [0.29, 0.717) is 21.0 Å². The van der Waals surface area contributed by atoms with Gasteiger partial charge in [0.2, 0.25) is 11.1 Å². The number of nitrogens with zero attached hydrogens (tertiary/aromatic N) is 3. The summed E-state index contributed by atoms with van der Waals surface area (Å²) in [7, 11) is 0. The van der Waals surface area contributed by atoms with E-state index < -0.39 is 4.87 Å². The van der Waals surface area contributed by atoms with E-state index in [4.69, 9.17) is 4.42 Å². The van der Waals surface area contributed by atoms with Gasteiger partial charge in [-0.1, -0.05) is 30.3 Å². The van der Waals surface area contributed by atoms with Gasteiger partial charge in [0.1, 0.15) is 10.6 Å². The quantitative estimate of drug-likeness (QED) is 0.762. The first-order chi connectivity index (χ1) is 13.5. The second-order valence-electron chi connectivity index (χ2n) is 6.16. The Hall–Kier alpha value is -2.78. The van der Waals surface area contributed by atoms with E-state index >= 15 is 0 Å². The van der Waals surface area contributed by atoms with Crippen molar-refractivity contribution in [1.82, 2.24) is 10.3 Å². The lowest BCUT2D eigenvalue weighted by Gasteiger charge is -2.30. The largest absolute Gasteiger partial charge is 0.465 e. The Labute approximate surface area is 170 Å². The molecular weight excluding hydrogens is 396 g/mol. The normalized spacial score (nSPS) is 24.7. The Kier molecular flexibility index (Phi) is 4.86. The molecule has 1 aromatic carbocycles. The highest BCUT2D eigenvalue weighted by Gasteiger charge is 2.44. The molecule has 142 valence electrons. The number of aliphatic imine (C=N–C) groups is 1. The van der Waals surface area contributed by atoms with Crippen molar-refractivity contribution in [3.63, 3.8) is 0 Å². The lowest BCUT2D eigenvalue weighted by Crippen LogP contribution is -2.37. The van der Waals surface area contributed by atoms with Gasteiger partial charge in [-0.3, -0.25) is 9.59 Å². The van der Waals surface area contributed by atoms with Gasteiger partial charge in [0.25, 0.3) is 5.91 Å². The lowest BCUT2D eigenvalue weighted by molar-refractivity contribution is -0.131. The molecule has 0 radical (unpaired) electrons. The van der Waals surface area contributed by atoms with Crippen molar-refractivity contribution in [3.8, 4) is 0 Å². The van der Waals surface area contributed by atoms with Gasteiger partial charge in [-0.2, -0.15) is 4.99 Å². The molecule has 1 fully saturated rings. The van der Waals surface area contributed by atoms with Crippen LogP contribution in [-0.4, -0.2) is 27.2 Å². The number of nitrogens with one attached hydrogen (secondary N) is 1. The summed E-state index contributed by atoms with van der Waals surface area (Å²) < 4.78 is 5.25. The van der Waals surface area contributed by atoms with Gasteiger partial charge < -0.3 is 9.73 Å². The molecular formula is C19H16N4O3S2. The highest BCUT2D eigenvalue weighted by atomic mass is 32.2. The van der Waals surface area contributed by atoms with E-state index in [2.05, 4.69) is 15.4 Å². The van der Waals surface area contributed by atoms with Crippen molar-refractivity contribution in [1.29, 1.82) is 0 Å². The molecule has 1 unspecified atom stereocenters. The Morgan fingerprint density at radius 2 is 2.07 bits per heavy atom. The first-order valence-electron chi connectivity index (χ1n) is 8.43. The zero-order chi connectivity index (χ0) is 19.7. The van der Waals surface area contributed by atoms with E-state index in [-0.39, 0.29) is 11.8 Å². The van der Waals surface area contributed by atoms with Crippen molar-refractivity contribution < 1.29 is 14.0 Å². The molecule has 1 N–H and O–H groups in total. The maximum atomic E-state index is 12.2. The minimum absolute atomic E-state index is 0.185. The maximum Gasteiger partial charge on any atom is 0.264 e. The fraction of sp³-hybridized carbons (Fsp3) is 0.158. The number of amidine groups is 2. The van der Waals surface area contributed by atoms with E-state index in [1.165, 1.54) is 35.5 Å². The van der Waals surface area contributed by atoms with E-state index in [1.807, 2.05) is 37.3 Å². The van der Waals surface area contributed by atoms with Crippen molar-refractivity contribution in [2.45, 2.75) is 18.7 Å². The minimum Gasteiger partial charge on any atom is -0.465 e. The predicted molar refractivity (Wildman–Crippen MR) is 111 cm³/mol. The Morgan fingerprint density at radius 3 is 2.75 bits per heavy atom. The fourth-order valence-electron chi connectivity index (χ4n) is 2.84. The molecule has 4 rings (SSSR count). The van der Waals surface area contributed by atoms with Crippen molar-refractivity contribution in [3.05, 3.63) is 65.0 Å². The summed E-state index contributed by atoms with van der Waals surface area (Å²) in [5.74, 6) is 0.152. The van der Waals surface area contributed by atoms with Crippen LogP contribution in [0.3, 0.4) is 0 Å². The van der Waals surface area contributed by atoms with E-state index in [9.17, 15) is 9.59 Å². The Balaban J connectivity index is 1.59. The van der Waals surface area contributed by atoms with Crippen LogP contribution in [-0.2, 0) is 14.5 Å². The number of hydrazone groups is 1. The zero-order valence-corrected chi connectivity index (χ0v) is 16.7. The molecule has 28 heavy (non-hydrogen) atoms. The molecule has 2 aliphatic heterocycles. The topological polar surface area (TPSA) is 87.3 Å². The van der Waals surface area contributed by atoms with Crippen LogP contribution in [0.15, 0.2) is 68.1 Å². The maximum absolute atomic E-state index is 12.2. The molecule has 9 heteroatoms. The van der Waals surface area contributed by atoms with Gasteiger partial charge in [0.05, 0.1) is 11.2 Å². The van der Waals surface area contributed by atoms with Crippen LogP contribution in [0.2, 0.25) is 0 Å². The molecule has 0 saturated carbocycles. The summed E-state index contributed by atoms with van der Waals surface area (Å²) in [5, 5.41) is 9.34. The molecule has 0 aliphatic carbocycles. The van der Waals surface area contributed by atoms with Gasteiger partial charge in [-0.15, -0.1) is 5.10 Å². The standard InChI is InChI=1S/C19H16N4O3S2/c1-12(24)23-19(2,13-7-4-3-5-8-13)28-18(22-23)21-17-20-16(25)15(27-17)11-14-9-6-10-26-14/h3-11H,1-2H3,(H,20,21,22,25)/b15-11-. The number of amides is 2. The molecule has 1 aromatic heterocycles. The van der Waals surface area contributed by atoms with Crippen molar-refractivity contribution >= 4 is 51.7 Å². The van der Waals surface area contributed by atoms with Crippen LogP contribution in [0.5, 0.6) is 0 Å². The number of carbonyl (C=O) groups excluding carboxylic acids is 2. The molecule has 2 aromatic rings. The molecule has 2 amide bonds.